The fourth-order valence-corrected chi connectivity index (χ4v) is 3.18. The number of ketones is 1. The van der Waals surface area contributed by atoms with Crippen LogP contribution in [0.1, 0.15) is 21.6 Å². The number of aromatic nitrogens is 2. The minimum Gasteiger partial charge on any atom is -0.497 e. The molecule has 1 aromatic heterocycles. The Kier molecular flexibility index (Phi) is 4.91. The second-order valence-electron chi connectivity index (χ2n) is 6.36. The van der Waals surface area contributed by atoms with Gasteiger partial charge in [0.05, 0.1) is 18.4 Å². The minimum atomic E-state index is -0.259. The summed E-state index contributed by atoms with van der Waals surface area (Å²) in [6, 6.07) is 27.8. The molecule has 0 fully saturated rings. The zero-order valence-corrected chi connectivity index (χ0v) is 15.7. The van der Waals surface area contributed by atoms with Crippen LogP contribution in [0.25, 0.3) is 16.9 Å². The summed E-state index contributed by atoms with van der Waals surface area (Å²) in [6.07, 6.45) is 0. The van der Waals surface area contributed by atoms with E-state index in [1.165, 1.54) is 4.68 Å². The maximum absolute atomic E-state index is 13.4. The van der Waals surface area contributed by atoms with E-state index < -0.39 is 0 Å². The molecule has 0 radical (unpaired) electrons. The Hall–Kier alpha value is -4.17. The highest BCUT2D eigenvalue weighted by Crippen LogP contribution is 2.29. The van der Waals surface area contributed by atoms with Crippen LogP contribution in [0.2, 0.25) is 0 Å². The van der Waals surface area contributed by atoms with Crippen molar-refractivity contribution in [3.05, 3.63) is 102 Å². The van der Waals surface area contributed by atoms with Crippen LogP contribution in [0.3, 0.4) is 0 Å². The van der Waals surface area contributed by atoms with E-state index in [0.29, 0.717) is 17.0 Å². The summed E-state index contributed by atoms with van der Waals surface area (Å²) < 4.78 is 6.70. The van der Waals surface area contributed by atoms with Crippen molar-refractivity contribution in [1.29, 1.82) is 5.26 Å². The van der Waals surface area contributed by atoms with Crippen LogP contribution in [0.4, 0.5) is 0 Å². The first-order valence-electron chi connectivity index (χ1n) is 9.05. The number of benzene rings is 3. The Balaban J connectivity index is 1.94. The van der Waals surface area contributed by atoms with Crippen molar-refractivity contribution in [3.8, 4) is 28.8 Å². The normalized spacial score (nSPS) is 10.3. The van der Waals surface area contributed by atoms with E-state index in [2.05, 4.69) is 11.2 Å². The molecule has 29 heavy (non-hydrogen) atoms. The number of ether oxygens (including phenoxy) is 1. The second kappa shape index (κ2) is 7.83. The van der Waals surface area contributed by atoms with Crippen LogP contribution in [-0.4, -0.2) is 22.7 Å². The number of hydrogen-bond donors (Lipinski definition) is 0. The molecule has 0 saturated heterocycles. The molecule has 0 aliphatic carbocycles. The lowest BCUT2D eigenvalue weighted by Gasteiger charge is -2.05. The van der Waals surface area contributed by atoms with Gasteiger partial charge in [0.1, 0.15) is 17.5 Å². The molecule has 4 aromatic rings. The Labute approximate surface area is 168 Å². The van der Waals surface area contributed by atoms with Gasteiger partial charge in [-0.25, -0.2) is 4.68 Å². The highest BCUT2D eigenvalue weighted by atomic mass is 16.5. The Morgan fingerprint density at radius 1 is 0.931 bits per heavy atom. The number of rotatable bonds is 5. The van der Waals surface area contributed by atoms with E-state index in [0.717, 1.165) is 11.3 Å². The summed E-state index contributed by atoms with van der Waals surface area (Å²) >= 11 is 0. The molecule has 0 aliphatic rings. The number of carbonyl (C=O) groups is 1. The van der Waals surface area contributed by atoms with Crippen LogP contribution in [0, 0.1) is 11.3 Å². The quantitative estimate of drug-likeness (QED) is 0.473. The molecule has 0 amide bonds. The molecule has 0 spiro atoms. The first-order valence-corrected chi connectivity index (χ1v) is 9.05. The molecular weight excluding hydrogens is 362 g/mol. The highest BCUT2D eigenvalue weighted by Gasteiger charge is 2.26. The number of nitriles is 1. The van der Waals surface area contributed by atoms with Crippen LogP contribution in [0.15, 0.2) is 84.9 Å². The third-order valence-corrected chi connectivity index (χ3v) is 4.62. The van der Waals surface area contributed by atoms with E-state index in [4.69, 9.17) is 4.74 Å². The molecular formula is C24H17N3O2. The van der Waals surface area contributed by atoms with E-state index in [-0.39, 0.29) is 17.0 Å². The Morgan fingerprint density at radius 3 is 2.14 bits per heavy atom. The molecule has 5 nitrogen and oxygen atoms in total. The molecule has 0 atom stereocenters. The molecule has 140 valence electrons. The number of para-hydroxylation sites is 1. The summed E-state index contributed by atoms with van der Waals surface area (Å²) in [5, 5.41) is 14.6. The predicted octanol–water partition coefficient (Wildman–Crippen LogP) is 4.65. The van der Waals surface area contributed by atoms with Gasteiger partial charge in [-0.05, 0) is 36.4 Å². The van der Waals surface area contributed by atoms with Gasteiger partial charge in [0.15, 0.2) is 11.5 Å². The summed E-state index contributed by atoms with van der Waals surface area (Å²) in [5.74, 6) is 0.399. The highest BCUT2D eigenvalue weighted by molar-refractivity contribution is 6.13. The monoisotopic (exact) mass is 379 g/mol. The van der Waals surface area contributed by atoms with Gasteiger partial charge < -0.3 is 4.74 Å². The largest absolute Gasteiger partial charge is 0.497 e. The van der Waals surface area contributed by atoms with Crippen molar-refractivity contribution in [3.63, 3.8) is 0 Å². The average Bonchev–Trinajstić information content (AvgIpc) is 3.19. The maximum atomic E-state index is 13.4. The number of nitrogens with zero attached hydrogens (tertiary/aromatic N) is 3. The van der Waals surface area contributed by atoms with E-state index in [1.807, 2.05) is 60.7 Å². The van der Waals surface area contributed by atoms with Crippen molar-refractivity contribution < 1.29 is 9.53 Å². The van der Waals surface area contributed by atoms with E-state index >= 15 is 0 Å². The molecule has 1 heterocycles. The lowest BCUT2D eigenvalue weighted by atomic mass is 9.98. The van der Waals surface area contributed by atoms with Gasteiger partial charge in [-0.15, -0.1) is 0 Å². The molecule has 5 heteroatoms. The molecule has 3 aromatic carbocycles. The van der Waals surface area contributed by atoms with Crippen molar-refractivity contribution in [2.45, 2.75) is 0 Å². The fourth-order valence-electron chi connectivity index (χ4n) is 3.18. The molecule has 0 bridgehead atoms. The van der Waals surface area contributed by atoms with Crippen molar-refractivity contribution in [2.75, 3.05) is 7.11 Å². The molecule has 0 saturated carbocycles. The standard InChI is InChI=1S/C24H17N3O2/c1-29-20-14-12-18(13-15-20)24(28)22-21(16-25)27(19-10-6-3-7-11-19)26-23(22)17-8-4-2-5-9-17/h2-15H,1H3. The summed E-state index contributed by atoms with van der Waals surface area (Å²) in [4.78, 5) is 13.4. The van der Waals surface area contributed by atoms with Gasteiger partial charge in [0.25, 0.3) is 0 Å². The molecule has 0 aliphatic heterocycles. The summed E-state index contributed by atoms with van der Waals surface area (Å²) in [5.41, 5.74) is 2.92. The lowest BCUT2D eigenvalue weighted by molar-refractivity contribution is 0.103. The summed E-state index contributed by atoms with van der Waals surface area (Å²) in [6.45, 7) is 0. The molecule has 0 N–H and O–H groups in total. The van der Waals surface area contributed by atoms with Crippen molar-refractivity contribution in [2.24, 2.45) is 0 Å². The van der Waals surface area contributed by atoms with E-state index in [9.17, 15) is 10.1 Å². The fraction of sp³-hybridized carbons (Fsp3) is 0.0417. The van der Waals surface area contributed by atoms with Gasteiger partial charge in [-0.2, -0.15) is 10.4 Å². The molecule has 0 unspecified atom stereocenters. The second-order valence-corrected chi connectivity index (χ2v) is 6.36. The van der Waals surface area contributed by atoms with Crippen LogP contribution in [-0.2, 0) is 0 Å². The van der Waals surface area contributed by atoms with Gasteiger partial charge in [-0.1, -0.05) is 48.5 Å². The van der Waals surface area contributed by atoms with Gasteiger partial charge >= 0.3 is 0 Å². The van der Waals surface area contributed by atoms with Crippen LogP contribution < -0.4 is 4.74 Å². The topological polar surface area (TPSA) is 67.9 Å². The number of methoxy groups -OCH3 is 1. The Morgan fingerprint density at radius 2 is 1.55 bits per heavy atom. The van der Waals surface area contributed by atoms with Gasteiger partial charge in [-0.3, -0.25) is 4.79 Å². The SMILES string of the molecule is COc1ccc(C(=O)c2c(-c3ccccc3)nn(-c3ccccc3)c2C#N)cc1. The number of hydrogen-bond acceptors (Lipinski definition) is 4. The van der Waals surface area contributed by atoms with Crippen LogP contribution in [0.5, 0.6) is 5.75 Å². The third kappa shape index (κ3) is 3.40. The summed E-state index contributed by atoms with van der Waals surface area (Å²) in [7, 11) is 1.57. The maximum Gasteiger partial charge on any atom is 0.198 e. The van der Waals surface area contributed by atoms with Crippen LogP contribution >= 0.6 is 0 Å². The third-order valence-electron chi connectivity index (χ3n) is 4.62. The average molecular weight is 379 g/mol. The van der Waals surface area contributed by atoms with Crippen molar-refractivity contribution in [1.82, 2.24) is 9.78 Å². The minimum absolute atomic E-state index is 0.205. The predicted molar refractivity (Wildman–Crippen MR) is 110 cm³/mol. The first kappa shape index (κ1) is 18.2. The van der Waals surface area contributed by atoms with Gasteiger partial charge in [0, 0.05) is 11.1 Å². The van der Waals surface area contributed by atoms with Crippen molar-refractivity contribution >= 4 is 5.78 Å². The smallest absolute Gasteiger partial charge is 0.198 e. The Bertz CT molecular complexity index is 1190. The zero-order valence-electron chi connectivity index (χ0n) is 15.7. The van der Waals surface area contributed by atoms with Gasteiger partial charge in [0.2, 0.25) is 0 Å². The lowest BCUT2D eigenvalue weighted by Crippen LogP contribution is -2.06. The van der Waals surface area contributed by atoms with E-state index in [1.54, 1.807) is 31.4 Å². The number of carbonyl (C=O) groups excluding carboxylic acids is 1. The molecule has 4 rings (SSSR count). The zero-order chi connectivity index (χ0) is 20.2. The first-order chi connectivity index (χ1) is 14.2.